The fraction of sp³-hybridized carbons (Fsp3) is 0.133. The van der Waals surface area contributed by atoms with E-state index in [1.165, 1.54) is 22.0 Å². The highest BCUT2D eigenvalue weighted by Gasteiger charge is 2.26. The molecule has 0 aromatic heterocycles. The first-order valence-corrected chi connectivity index (χ1v) is 6.98. The van der Waals surface area contributed by atoms with Crippen LogP contribution in [0.2, 0.25) is 0 Å². The third-order valence-corrected chi connectivity index (χ3v) is 4.31. The molecule has 0 saturated carbocycles. The Balaban J connectivity index is 1.81. The molecule has 88 valence electrons. The van der Waals surface area contributed by atoms with Crippen molar-refractivity contribution in [2.24, 2.45) is 4.99 Å². The van der Waals surface area contributed by atoms with Crippen LogP contribution in [-0.4, -0.2) is 23.2 Å². The molecule has 18 heavy (non-hydrogen) atoms. The second kappa shape index (κ2) is 3.89. The van der Waals surface area contributed by atoms with E-state index >= 15 is 0 Å². The van der Waals surface area contributed by atoms with E-state index in [0.29, 0.717) is 0 Å². The van der Waals surface area contributed by atoms with Gasteiger partial charge in [-0.2, -0.15) is 0 Å². The lowest BCUT2D eigenvalue weighted by atomic mass is 10.1. The molecule has 2 aliphatic heterocycles. The number of aliphatic imine (C=N–C) groups is 1. The molecule has 4 rings (SSSR count). The second-order valence-electron chi connectivity index (χ2n) is 4.50. The molecule has 0 amide bonds. The Kier molecular flexibility index (Phi) is 2.20. The summed E-state index contributed by atoms with van der Waals surface area (Å²) in [4.78, 5) is 6.80. The summed E-state index contributed by atoms with van der Waals surface area (Å²) < 4.78 is 0. The first-order valence-electron chi connectivity index (χ1n) is 6.10. The van der Waals surface area contributed by atoms with Crippen molar-refractivity contribution < 1.29 is 0 Å². The summed E-state index contributed by atoms with van der Waals surface area (Å²) in [5.74, 6) is 0. The molecule has 2 aromatic carbocycles. The van der Waals surface area contributed by atoms with Crippen LogP contribution in [0.4, 0.5) is 0 Å². The van der Waals surface area contributed by atoms with Crippen LogP contribution in [-0.2, 0) is 0 Å². The predicted octanol–water partition coefficient (Wildman–Crippen LogP) is 3.56. The number of hydrogen-bond donors (Lipinski definition) is 0. The Morgan fingerprint density at radius 3 is 2.89 bits per heavy atom. The van der Waals surface area contributed by atoms with Crippen LogP contribution in [0, 0.1) is 0 Å². The first kappa shape index (κ1) is 10.2. The van der Waals surface area contributed by atoms with Gasteiger partial charge in [-0.25, -0.2) is 0 Å². The molecule has 3 heteroatoms. The number of nitrogens with zero attached hydrogens (tertiary/aromatic N) is 2. The molecular formula is C15H12N2S. The van der Waals surface area contributed by atoms with Crippen molar-refractivity contribution in [2.75, 3.05) is 13.1 Å². The maximum absolute atomic E-state index is 4.49. The van der Waals surface area contributed by atoms with E-state index in [-0.39, 0.29) is 0 Å². The molecule has 0 bridgehead atoms. The van der Waals surface area contributed by atoms with Crippen LogP contribution in [0.3, 0.4) is 0 Å². The van der Waals surface area contributed by atoms with Gasteiger partial charge in [0.1, 0.15) is 0 Å². The Labute approximate surface area is 110 Å². The quantitative estimate of drug-likeness (QED) is 0.771. The molecule has 0 atom stereocenters. The molecule has 0 aliphatic carbocycles. The minimum absolute atomic E-state index is 0.924. The zero-order valence-electron chi connectivity index (χ0n) is 9.84. The fourth-order valence-electron chi connectivity index (χ4n) is 2.50. The van der Waals surface area contributed by atoms with Crippen molar-refractivity contribution in [2.45, 2.75) is 0 Å². The largest absolute Gasteiger partial charge is 0.318 e. The summed E-state index contributed by atoms with van der Waals surface area (Å²) >= 11 is 1.74. The van der Waals surface area contributed by atoms with Crippen molar-refractivity contribution in [1.82, 2.24) is 4.90 Å². The molecule has 0 N–H and O–H groups in total. The number of rotatable bonds is 1. The molecule has 0 radical (unpaired) electrons. The highest BCUT2D eigenvalue weighted by molar-refractivity contribution is 8.16. The third-order valence-electron chi connectivity index (χ3n) is 3.41. The lowest BCUT2D eigenvalue weighted by Gasteiger charge is -2.16. The molecule has 0 spiro atoms. The van der Waals surface area contributed by atoms with Gasteiger partial charge in [0, 0.05) is 12.0 Å². The summed E-state index contributed by atoms with van der Waals surface area (Å²) in [5.41, 5.74) is 2.58. The Bertz CT molecular complexity index is 688. The van der Waals surface area contributed by atoms with E-state index in [2.05, 4.69) is 57.8 Å². The minimum Gasteiger partial charge on any atom is -0.318 e. The lowest BCUT2D eigenvalue weighted by Crippen LogP contribution is -2.19. The summed E-state index contributed by atoms with van der Waals surface area (Å²) in [6.07, 6.45) is 0. The van der Waals surface area contributed by atoms with Crippen LogP contribution in [0.5, 0.6) is 0 Å². The van der Waals surface area contributed by atoms with Gasteiger partial charge in [-0.1, -0.05) is 48.2 Å². The van der Waals surface area contributed by atoms with Gasteiger partial charge >= 0.3 is 0 Å². The Morgan fingerprint density at radius 1 is 1.06 bits per heavy atom. The number of fused-ring (bicyclic) bond motifs is 2. The van der Waals surface area contributed by atoms with Gasteiger partial charge in [0.25, 0.3) is 0 Å². The van der Waals surface area contributed by atoms with Crippen LogP contribution in [0.25, 0.3) is 16.5 Å². The summed E-state index contributed by atoms with van der Waals surface area (Å²) in [7, 11) is 0. The van der Waals surface area contributed by atoms with Crippen LogP contribution in [0.15, 0.2) is 52.9 Å². The monoisotopic (exact) mass is 252 g/mol. The number of hydrogen-bond acceptors (Lipinski definition) is 3. The molecule has 2 nitrogen and oxygen atoms in total. The van der Waals surface area contributed by atoms with Crippen molar-refractivity contribution in [3.63, 3.8) is 0 Å². The maximum atomic E-state index is 4.49. The van der Waals surface area contributed by atoms with E-state index < -0.39 is 0 Å². The SMILES string of the molecule is C1=C(c2ccc3ccccc3c2)N2CCN=C2S1. The van der Waals surface area contributed by atoms with Gasteiger partial charge in [-0.15, -0.1) is 0 Å². The molecule has 0 unspecified atom stereocenters. The summed E-state index contributed by atoms with van der Waals surface area (Å²) in [6.45, 7) is 1.94. The minimum atomic E-state index is 0.924. The molecular weight excluding hydrogens is 240 g/mol. The van der Waals surface area contributed by atoms with Crippen molar-refractivity contribution in [3.8, 4) is 0 Å². The standard InChI is InChI=1S/C15H12N2S/c1-2-4-12-9-13(6-5-11(12)3-1)14-10-18-15-16-7-8-17(14)15/h1-6,9-10H,7-8H2. The Hall–Kier alpha value is -1.74. The summed E-state index contributed by atoms with van der Waals surface area (Å²) in [5, 5.41) is 5.95. The van der Waals surface area contributed by atoms with Crippen molar-refractivity contribution in [1.29, 1.82) is 0 Å². The fourth-order valence-corrected chi connectivity index (χ4v) is 3.46. The highest BCUT2D eigenvalue weighted by atomic mass is 32.2. The van der Waals surface area contributed by atoms with Gasteiger partial charge < -0.3 is 4.90 Å². The second-order valence-corrected chi connectivity index (χ2v) is 5.34. The van der Waals surface area contributed by atoms with Crippen LogP contribution < -0.4 is 0 Å². The average Bonchev–Trinajstić information content (AvgIpc) is 3.00. The number of thioether (sulfide) groups is 1. The van der Waals surface area contributed by atoms with Gasteiger partial charge in [-0.3, -0.25) is 4.99 Å². The Morgan fingerprint density at radius 2 is 1.94 bits per heavy atom. The van der Waals surface area contributed by atoms with Gasteiger partial charge in [0.15, 0.2) is 5.17 Å². The van der Waals surface area contributed by atoms with Crippen molar-refractivity contribution in [3.05, 3.63) is 53.4 Å². The maximum Gasteiger partial charge on any atom is 0.168 e. The molecule has 0 saturated heterocycles. The molecule has 2 heterocycles. The average molecular weight is 252 g/mol. The highest BCUT2D eigenvalue weighted by Crippen LogP contribution is 2.35. The van der Waals surface area contributed by atoms with Gasteiger partial charge in [0.2, 0.25) is 0 Å². The number of benzene rings is 2. The zero-order chi connectivity index (χ0) is 11.9. The van der Waals surface area contributed by atoms with Crippen molar-refractivity contribution >= 4 is 33.4 Å². The smallest absolute Gasteiger partial charge is 0.168 e. The lowest BCUT2D eigenvalue weighted by molar-refractivity contribution is 0.650. The van der Waals surface area contributed by atoms with E-state index in [0.717, 1.165) is 18.3 Å². The zero-order valence-corrected chi connectivity index (χ0v) is 10.7. The van der Waals surface area contributed by atoms with E-state index in [1.54, 1.807) is 11.8 Å². The van der Waals surface area contributed by atoms with Gasteiger partial charge in [-0.05, 0) is 22.4 Å². The first-order chi connectivity index (χ1) is 8.92. The van der Waals surface area contributed by atoms with E-state index in [9.17, 15) is 0 Å². The van der Waals surface area contributed by atoms with Crippen LogP contribution in [0.1, 0.15) is 5.56 Å². The third kappa shape index (κ3) is 1.47. The van der Waals surface area contributed by atoms with Crippen LogP contribution >= 0.6 is 11.8 Å². The van der Waals surface area contributed by atoms with E-state index in [1.807, 2.05) is 0 Å². The normalized spacial score (nSPS) is 17.9. The molecule has 2 aromatic rings. The molecule has 2 aliphatic rings. The number of amidine groups is 1. The topological polar surface area (TPSA) is 15.6 Å². The predicted molar refractivity (Wildman–Crippen MR) is 78.5 cm³/mol. The van der Waals surface area contributed by atoms with E-state index in [4.69, 9.17) is 0 Å². The van der Waals surface area contributed by atoms with Gasteiger partial charge in [0.05, 0.1) is 12.2 Å². The molecule has 0 fully saturated rings. The summed E-state index contributed by atoms with van der Waals surface area (Å²) in [6, 6.07) is 15.2.